The maximum absolute atomic E-state index is 12.2. The van der Waals surface area contributed by atoms with Gasteiger partial charge in [-0.25, -0.2) is 0 Å². The summed E-state index contributed by atoms with van der Waals surface area (Å²) < 4.78 is 22.6. The molecule has 0 unspecified atom stereocenters. The van der Waals surface area contributed by atoms with E-state index in [1.54, 1.807) is 36.6 Å². The van der Waals surface area contributed by atoms with Crippen LogP contribution >= 0.6 is 11.8 Å². The summed E-state index contributed by atoms with van der Waals surface area (Å²) in [7, 11) is 3.00. The molecule has 2 aromatic heterocycles. The molecule has 0 saturated carbocycles. The molecule has 31 heavy (non-hydrogen) atoms. The van der Waals surface area contributed by atoms with Crippen LogP contribution in [0.3, 0.4) is 0 Å². The molecule has 0 fully saturated rings. The Hall–Kier alpha value is -3.47. The van der Waals surface area contributed by atoms with Crippen molar-refractivity contribution in [3.05, 3.63) is 36.6 Å². The number of methoxy groups -OCH3 is 2. The lowest BCUT2D eigenvalue weighted by atomic mass is 10.2. The maximum atomic E-state index is 12.2. The predicted octanol–water partition coefficient (Wildman–Crippen LogP) is 2.85. The van der Waals surface area contributed by atoms with Crippen LogP contribution in [0, 0.1) is 0 Å². The average Bonchev–Trinajstić information content (AvgIpc) is 3.45. The number of anilines is 1. The lowest BCUT2D eigenvalue weighted by molar-refractivity contribution is -0.144. The van der Waals surface area contributed by atoms with Crippen LogP contribution in [0.15, 0.2) is 46.2 Å². The van der Waals surface area contributed by atoms with Crippen molar-refractivity contribution >= 4 is 29.3 Å². The highest BCUT2D eigenvalue weighted by Crippen LogP contribution is 2.29. The molecule has 3 aromatic rings. The van der Waals surface area contributed by atoms with E-state index >= 15 is 0 Å². The van der Waals surface area contributed by atoms with Gasteiger partial charge in [-0.15, -0.1) is 10.2 Å². The highest BCUT2D eigenvalue weighted by atomic mass is 32.2. The summed E-state index contributed by atoms with van der Waals surface area (Å²) in [4.78, 5) is 24.3. The lowest BCUT2D eigenvalue weighted by Gasteiger charge is -2.12. The summed E-state index contributed by atoms with van der Waals surface area (Å²) >= 11 is 1.17. The summed E-state index contributed by atoms with van der Waals surface area (Å²) in [5.74, 6) is 1.11. The first-order valence-corrected chi connectivity index (χ1v) is 10.3. The summed E-state index contributed by atoms with van der Waals surface area (Å²) in [5, 5.41) is 11.4. The second-order valence-corrected chi connectivity index (χ2v) is 7.03. The van der Waals surface area contributed by atoms with Crippen LogP contribution in [0.2, 0.25) is 0 Å². The zero-order valence-corrected chi connectivity index (χ0v) is 18.1. The molecule has 0 aliphatic rings. The van der Waals surface area contributed by atoms with E-state index in [9.17, 15) is 9.59 Å². The first kappa shape index (κ1) is 22.2. The smallest absolute Gasteiger partial charge is 0.316 e. The molecule has 164 valence electrons. The molecule has 0 spiro atoms. The Labute approximate surface area is 182 Å². The number of ether oxygens (including phenoxy) is 3. The molecule has 11 heteroatoms. The topological polar surface area (TPSA) is 118 Å². The normalized spacial score (nSPS) is 10.5. The Balaban J connectivity index is 1.51. The van der Waals surface area contributed by atoms with Gasteiger partial charge in [0, 0.05) is 12.6 Å². The van der Waals surface area contributed by atoms with Crippen molar-refractivity contribution in [3.63, 3.8) is 0 Å². The predicted molar refractivity (Wildman–Crippen MR) is 113 cm³/mol. The fourth-order valence-electron chi connectivity index (χ4n) is 2.68. The number of esters is 1. The van der Waals surface area contributed by atoms with Gasteiger partial charge in [0.25, 0.3) is 5.91 Å². The Kier molecular flexibility index (Phi) is 7.55. The third-order valence-electron chi connectivity index (χ3n) is 4.14. The van der Waals surface area contributed by atoms with Gasteiger partial charge in [0.15, 0.2) is 23.3 Å². The number of thioether (sulfide) groups is 1. The Morgan fingerprint density at radius 2 is 2.03 bits per heavy atom. The third-order valence-corrected chi connectivity index (χ3v) is 5.08. The molecule has 0 saturated heterocycles. The molecule has 1 N–H and O–H groups in total. The second kappa shape index (κ2) is 10.5. The third kappa shape index (κ3) is 5.57. The number of hydrogen-bond acceptors (Lipinski definition) is 9. The molecule has 2 heterocycles. The summed E-state index contributed by atoms with van der Waals surface area (Å²) in [6.07, 6.45) is 1.56. The van der Waals surface area contributed by atoms with Crippen LogP contribution in [0.4, 0.5) is 5.69 Å². The van der Waals surface area contributed by atoms with Crippen molar-refractivity contribution in [2.24, 2.45) is 0 Å². The van der Waals surface area contributed by atoms with E-state index in [0.717, 1.165) is 0 Å². The molecule has 3 rings (SSSR count). The first-order valence-electron chi connectivity index (χ1n) is 9.33. The molecule has 0 atom stereocenters. The number of aromatic nitrogens is 3. The highest BCUT2D eigenvalue weighted by molar-refractivity contribution is 7.99. The van der Waals surface area contributed by atoms with Crippen LogP contribution in [-0.2, 0) is 20.9 Å². The standard InChI is InChI=1S/C20H22N4O6S/c1-4-24-19(16-6-5-9-29-16)22-23-20(24)31-12-18(26)30-11-17(25)21-14-10-13(27-2)7-8-15(14)28-3/h5-10H,4,11-12H2,1-3H3,(H,21,25). The SMILES string of the molecule is CCn1c(SCC(=O)OCC(=O)Nc2cc(OC)ccc2OC)nnc1-c1ccco1. The molecule has 10 nitrogen and oxygen atoms in total. The number of nitrogens with zero attached hydrogens (tertiary/aromatic N) is 3. The van der Waals surface area contributed by atoms with Gasteiger partial charge < -0.3 is 23.9 Å². The van der Waals surface area contributed by atoms with E-state index in [2.05, 4.69) is 15.5 Å². The van der Waals surface area contributed by atoms with Crippen LogP contribution in [0.25, 0.3) is 11.6 Å². The molecule has 0 bridgehead atoms. The fraction of sp³-hybridized carbons (Fsp3) is 0.300. The summed E-state index contributed by atoms with van der Waals surface area (Å²) in [6, 6.07) is 8.54. The Bertz CT molecular complexity index is 1030. The van der Waals surface area contributed by atoms with Crippen LogP contribution < -0.4 is 14.8 Å². The fourth-order valence-corrected chi connectivity index (χ4v) is 3.48. The second-order valence-electron chi connectivity index (χ2n) is 6.09. The largest absolute Gasteiger partial charge is 0.497 e. The van der Waals surface area contributed by atoms with E-state index in [0.29, 0.717) is 40.5 Å². The lowest BCUT2D eigenvalue weighted by Crippen LogP contribution is -2.22. The monoisotopic (exact) mass is 446 g/mol. The van der Waals surface area contributed by atoms with E-state index in [4.69, 9.17) is 18.6 Å². The minimum Gasteiger partial charge on any atom is -0.497 e. The van der Waals surface area contributed by atoms with Crippen LogP contribution in [-0.4, -0.2) is 53.2 Å². The van der Waals surface area contributed by atoms with Gasteiger partial charge >= 0.3 is 5.97 Å². The molecular weight excluding hydrogens is 424 g/mol. The van der Waals surface area contributed by atoms with E-state index in [-0.39, 0.29) is 5.75 Å². The molecule has 0 aliphatic carbocycles. The van der Waals surface area contributed by atoms with Crippen molar-refractivity contribution in [3.8, 4) is 23.1 Å². The zero-order chi connectivity index (χ0) is 22.2. The number of nitrogens with one attached hydrogen (secondary N) is 1. The van der Waals surface area contributed by atoms with Gasteiger partial charge in [0.05, 0.1) is 31.9 Å². The molecular formula is C20H22N4O6S. The van der Waals surface area contributed by atoms with Crippen molar-refractivity contribution in [2.45, 2.75) is 18.6 Å². The number of carbonyl (C=O) groups excluding carboxylic acids is 2. The van der Waals surface area contributed by atoms with Gasteiger partial charge in [-0.1, -0.05) is 11.8 Å². The average molecular weight is 446 g/mol. The summed E-state index contributed by atoms with van der Waals surface area (Å²) in [5.41, 5.74) is 0.416. The van der Waals surface area contributed by atoms with Crippen LogP contribution in [0.1, 0.15) is 6.92 Å². The number of benzene rings is 1. The van der Waals surface area contributed by atoms with Crippen molar-refractivity contribution in [1.29, 1.82) is 0 Å². The van der Waals surface area contributed by atoms with Gasteiger partial charge in [0.2, 0.25) is 0 Å². The van der Waals surface area contributed by atoms with E-state index < -0.39 is 18.5 Å². The van der Waals surface area contributed by atoms with Crippen LogP contribution in [0.5, 0.6) is 11.5 Å². The van der Waals surface area contributed by atoms with Gasteiger partial charge in [-0.3, -0.25) is 14.2 Å². The zero-order valence-electron chi connectivity index (χ0n) is 17.3. The maximum Gasteiger partial charge on any atom is 0.316 e. The quantitative estimate of drug-likeness (QED) is 0.370. The highest BCUT2D eigenvalue weighted by Gasteiger charge is 2.17. The molecule has 1 aromatic carbocycles. The van der Waals surface area contributed by atoms with E-state index in [1.165, 1.54) is 26.0 Å². The number of rotatable bonds is 10. The number of carbonyl (C=O) groups is 2. The Morgan fingerprint density at radius 3 is 2.71 bits per heavy atom. The van der Waals surface area contributed by atoms with E-state index in [1.807, 2.05) is 11.5 Å². The van der Waals surface area contributed by atoms with Crippen molar-refractivity contribution < 1.29 is 28.2 Å². The Morgan fingerprint density at radius 1 is 1.19 bits per heavy atom. The minimum absolute atomic E-state index is 0.0218. The molecule has 0 aliphatic heterocycles. The molecule has 1 amide bonds. The minimum atomic E-state index is -0.553. The first-order chi connectivity index (χ1) is 15.0. The van der Waals surface area contributed by atoms with Crippen molar-refractivity contribution in [1.82, 2.24) is 14.8 Å². The van der Waals surface area contributed by atoms with Crippen molar-refractivity contribution in [2.75, 3.05) is 31.9 Å². The number of amides is 1. The molecule has 0 radical (unpaired) electrons. The summed E-state index contributed by atoms with van der Waals surface area (Å²) in [6.45, 7) is 2.11. The number of furan rings is 1. The van der Waals surface area contributed by atoms with Gasteiger partial charge in [-0.05, 0) is 31.2 Å². The number of hydrogen-bond donors (Lipinski definition) is 1. The van der Waals surface area contributed by atoms with Gasteiger partial charge in [-0.2, -0.15) is 0 Å². The van der Waals surface area contributed by atoms with Gasteiger partial charge in [0.1, 0.15) is 11.5 Å².